The molecule has 0 amide bonds. The summed E-state index contributed by atoms with van der Waals surface area (Å²) >= 11 is 0. The first-order valence-electron chi connectivity index (χ1n) is 16.4. The summed E-state index contributed by atoms with van der Waals surface area (Å²) in [6, 6.07) is 9.26. The number of alkyl halides is 1. The zero-order chi connectivity index (χ0) is 34.4. The van der Waals surface area contributed by atoms with Gasteiger partial charge in [-0.15, -0.1) is 0 Å². The third kappa shape index (κ3) is 7.44. The molecular weight excluding hydrogens is 619 g/mol. The Morgan fingerprint density at radius 3 is 2.71 bits per heavy atom. The topological polar surface area (TPSA) is 101 Å². The minimum absolute atomic E-state index is 0.199. The molecule has 9 nitrogen and oxygen atoms in total. The van der Waals surface area contributed by atoms with Crippen LogP contribution in [-0.2, 0) is 11.3 Å². The Labute approximate surface area is 281 Å². The Hall–Kier alpha value is -4.16. The fourth-order valence-electron chi connectivity index (χ4n) is 6.64. The number of methoxy groups -OCH3 is 1. The lowest BCUT2D eigenvalue weighted by molar-refractivity contribution is -0.0340. The van der Waals surface area contributed by atoms with E-state index in [4.69, 9.17) is 15.3 Å². The second kappa shape index (κ2) is 15.4. The van der Waals surface area contributed by atoms with Gasteiger partial charge >= 0.3 is 0 Å². The van der Waals surface area contributed by atoms with Gasteiger partial charge in [0, 0.05) is 61.7 Å². The van der Waals surface area contributed by atoms with Crippen LogP contribution in [-0.4, -0.2) is 67.1 Å². The van der Waals surface area contributed by atoms with Crippen molar-refractivity contribution in [2.45, 2.75) is 58.0 Å². The SMILES string of the molecule is CCC(CCc1cc(OC)c(Nc2cc(N3OCC[C@@H]3c3cccc(F)c3F)ncn2)cc1C(C=NC)=CN)C1CN(C(C)(C)CF)C1. The van der Waals surface area contributed by atoms with Crippen molar-refractivity contribution in [1.29, 1.82) is 0 Å². The van der Waals surface area contributed by atoms with Crippen LogP contribution in [0.5, 0.6) is 5.75 Å². The van der Waals surface area contributed by atoms with Crippen molar-refractivity contribution in [2.24, 2.45) is 22.6 Å². The summed E-state index contributed by atoms with van der Waals surface area (Å²) < 4.78 is 48.2. The van der Waals surface area contributed by atoms with E-state index >= 15 is 0 Å². The average Bonchev–Trinajstić information content (AvgIpc) is 3.56. The first-order valence-corrected chi connectivity index (χ1v) is 16.4. The number of hydrogen-bond donors (Lipinski definition) is 2. The first-order chi connectivity index (χ1) is 23.1. The Morgan fingerprint density at radius 2 is 2.02 bits per heavy atom. The predicted octanol–water partition coefficient (Wildman–Crippen LogP) is 7.03. The number of hydroxylamine groups is 1. The lowest BCUT2D eigenvalue weighted by atomic mass is 9.78. The van der Waals surface area contributed by atoms with Crippen molar-refractivity contribution in [1.82, 2.24) is 14.9 Å². The number of ether oxygens (including phenoxy) is 1. The monoisotopic (exact) mass is 665 g/mol. The summed E-state index contributed by atoms with van der Waals surface area (Å²) in [5, 5.41) is 4.84. The van der Waals surface area contributed by atoms with Crippen LogP contribution in [0.3, 0.4) is 0 Å². The Kier molecular flexibility index (Phi) is 11.3. The minimum atomic E-state index is -0.910. The summed E-state index contributed by atoms with van der Waals surface area (Å²) in [6.07, 6.45) is 7.93. The predicted molar refractivity (Wildman–Crippen MR) is 184 cm³/mol. The molecule has 0 aliphatic carbocycles. The van der Waals surface area contributed by atoms with Crippen molar-refractivity contribution in [2.75, 3.05) is 50.9 Å². The first kappa shape index (κ1) is 35.2. The molecule has 3 N–H and O–H groups in total. The van der Waals surface area contributed by atoms with Gasteiger partial charge in [-0.1, -0.05) is 25.5 Å². The largest absolute Gasteiger partial charge is 0.495 e. The summed E-state index contributed by atoms with van der Waals surface area (Å²) in [7, 11) is 3.31. The van der Waals surface area contributed by atoms with Gasteiger partial charge in [-0.3, -0.25) is 14.7 Å². The van der Waals surface area contributed by atoms with Crippen molar-refractivity contribution in [3.63, 3.8) is 0 Å². The third-order valence-electron chi connectivity index (χ3n) is 9.64. The number of rotatable bonds is 14. The second-order valence-corrected chi connectivity index (χ2v) is 13.0. The van der Waals surface area contributed by atoms with E-state index in [2.05, 4.69) is 32.1 Å². The molecule has 2 aromatic carbocycles. The van der Waals surface area contributed by atoms with E-state index in [0.717, 1.165) is 55.1 Å². The second-order valence-electron chi connectivity index (χ2n) is 13.0. The highest BCUT2D eigenvalue weighted by atomic mass is 19.2. The summed E-state index contributed by atoms with van der Waals surface area (Å²) in [5.41, 5.74) is 9.27. The van der Waals surface area contributed by atoms with Crippen molar-refractivity contribution in [3.8, 4) is 5.75 Å². The van der Waals surface area contributed by atoms with Crippen LogP contribution in [0.4, 0.5) is 30.5 Å². The number of likely N-dealkylation sites (tertiary alicyclic amines) is 1. The van der Waals surface area contributed by atoms with E-state index in [1.807, 2.05) is 26.0 Å². The van der Waals surface area contributed by atoms with E-state index in [0.29, 0.717) is 47.9 Å². The highest BCUT2D eigenvalue weighted by Crippen LogP contribution is 2.39. The molecule has 2 atom stereocenters. The molecule has 5 rings (SSSR count). The van der Waals surface area contributed by atoms with Gasteiger partial charge in [0.05, 0.1) is 25.4 Å². The van der Waals surface area contributed by atoms with Gasteiger partial charge in [0.25, 0.3) is 0 Å². The van der Waals surface area contributed by atoms with Crippen LogP contribution in [0.1, 0.15) is 62.8 Å². The van der Waals surface area contributed by atoms with Gasteiger partial charge in [0.2, 0.25) is 0 Å². The molecular formula is C36H46F3N7O2. The maximum atomic E-state index is 14.7. The fourth-order valence-corrected chi connectivity index (χ4v) is 6.64. The van der Waals surface area contributed by atoms with Crippen molar-refractivity contribution in [3.05, 3.63) is 77.3 Å². The van der Waals surface area contributed by atoms with E-state index in [-0.39, 0.29) is 12.2 Å². The van der Waals surface area contributed by atoms with Gasteiger partial charge < -0.3 is 15.8 Å². The van der Waals surface area contributed by atoms with Gasteiger partial charge in [0.15, 0.2) is 17.5 Å². The molecule has 3 heterocycles. The number of allylic oxidation sites excluding steroid dienone is 1. The van der Waals surface area contributed by atoms with E-state index in [1.165, 1.54) is 17.5 Å². The van der Waals surface area contributed by atoms with Crippen LogP contribution in [0.25, 0.3) is 5.57 Å². The summed E-state index contributed by atoms with van der Waals surface area (Å²) in [4.78, 5) is 21.1. The number of anilines is 3. The molecule has 12 heteroatoms. The third-order valence-corrected chi connectivity index (χ3v) is 9.64. The van der Waals surface area contributed by atoms with Gasteiger partial charge in [0.1, 0.15) is 24.6 Å². The molecule has 3 aromatic rings. The standard InChI is InChI=1S/C36H46F3N7O2/c1-6-23(26-19-45(20-26)36(2,3)21-37)10-11-24-14-32(47-5)30(15-28(24)25(17-40)18-41-4)44-33-16-34(43-22-42-33)46-31(12-13-48-46)27-8-7-9-29(38)35(27)39/h7-9,14-18,22-23,26,31H,6,10-13,19-21,40H2,1-5H3,(H,42,43,44)/t23?,31-/m1/s1. The van der Waals surface area contributed by atoms with E-state index in [1.54, 1.807) is 38.7 Å². The number of aliphatic imine (C=N–C) groups is 1. The molecule has 1 aromatic heterocycles. The van der Waals surface area contributed by atoms with Crippen LogP contribution in [0.15, 0.2) is 53.9 Å². The smallest absolute Gasteiger partial charge is 0.164 e. The highest BCUT2D eigenvalue weighted by Gasteiger charge is 2.40. The molecule has 258 valence electrons. The number of aromatic nitrogens is 2. The molecule has 0 bridgehead atoms. The molecule has 0 spiro atoms. The number of halogens is 3. The number of nitrogens with one attached hydrogen (secondary N) is 1. The molecule has 0 saturated carbocycles. The van der Waals surface area contributed by atoms with Crippen LogP contribution < -0.4 is 20.9 Å². The lowest BCUT2D eigenvalue weighted by Crippen LogP contribution is -2.59. The zero-order valence-corrected chi connectivity index (χ0v) is 28.3. The van der Waals surface area contributed by atoms with Gasteiger partial charge in [-0.05, 0) is 67.9 Å². The molecule has 2 aliphatic rings. The minimum Gasteiger partial charge on any atom is -0.495 e. The molecule has 2 aliphatic heterocycles. The van der Waals surface area contributed by atoms with E-state index in [9.17, 15) is 13.2 Å². The van der Waals surface area contributed by atoms with Crippen LogP contribution >= 0.6 is 0 Å². The maximum Gasteiger partial charge on any atom is 0.164 e. The van der Waals surface area contributed by atoms with Crippen molar-refractivity contribution < 1.29 is 22.7 Å². The summed E-state index contributed by atoms with van der Waals surface area (Å²) in [5.74, 6) is 0.668. The number of nitrogens with two attached hydrogens (primary N) is 1. The number of hydrogen-bond acceptors (Lipinski definition) is 9. The number of aryl methyl sites for hydroxylation is 1. The number of nitrogens with zero attached hydrogens (tertiary/aromatic N) is 5. The molecule has 0 radical (unpaired) electrons. The normalized spacial score (nSPS) is 18.4. The Balaban J connectivity index is 1.39. The zero-order valence-electron chi connectivity index (χ0n) is 28.3. The molecule has 48 heavy (non-hydrogen) atoms. The Bertz CT molecular complexity index is 1630. The average molecular weight is 666 g/mol. The Morgan fingerprint density at radius 1 is 1.23 bits per heavy atom. The maximum absolute atomic E-state index is 14.7. The quantitative estimate of drug-likeness (QED) is 0.177. The highest BCUT2D eigenvalue weighted by molar-refractivity contribution is 6.10. The van der Waals surface area contributed by atoms with Gasteiger partial charge in [-0.2, -0.15) is 0 Å². The fraction of sp³-hybridized carbons (Fsp3) is 0.472. The van der Waals surface area contributed by atoms with Gasteiger partial charge in [-0.25, -0.2) is 28.2 Å². The van der Waals surface area contributed by atoms with Crippen LogP contribution in [0.2, 0.25) is 0 Å². The molecule has 1 unspecified atom stereocenters. The van der Waals surface area contributed by atoms with Crippen molar-refractivity contribution >= 4 is 29.1 Å². The van der Waals surface area contributed by atoms with Crippen LogP contribution in [0, 0.1) is 23.5 Å². The molecule has 2 fully saturated rings. The van der Waals surface area contributed by atoms with E-state index < -0.39 is 23.2 Å². The molecule has 2 saturated heterocycles. The summed E-state index contributed by atoms with van der Waals surface area (Å²) in [6.45, 7) is 7.93. The lowest BCUT2D eigenvalue weighted by Gasteiger charge is -2.50. The number of benzene rings is 2.